The summed E-state index contributed by atoms with van der Waals surface area (Å²) in [6.45, 7) is 13.2. The summed E-state index contributed by atoms with van der Waals surface area (Å²) >= 11 is 0. The first-order valence-corrected chi connectivity index (χ1v) is 8.86. The van der Waals surface area contributed by atoms with Gasteiger partial charge >= 0.3 is 6.09 Å². The van der Waals surface area contributed by atoms with Crippen molar-refractivity contribution < 1.29 is 9.53 Å². The van der Waals surface area contributed by atoms with Gasteiger partial charge in [-0.1, -0.05) is 13.8 Å². The van der Waals surface area contributed by atoms with Crippen LogP contribution in [-0.4, -0.2) is 42.3 Å². The first kappa shape index (κ1) is 17.6. The number of piperidine rings is 1. The van der Waals surface area contributed by atoms with Crippen molar-refractivity contribution in [3.05, 3.63) is 0 Å². The average molecular weight is 310 g/mol. The molecule has 1 aliphatic heterocycles. The van der Waals surface area contributed by atoms with Crippen LogP contribution in [0.25, 0.3) is 0 Å². The highest BCUT2D eigenvalue weighted by atomic mass is 16.6. The second-order valence-corrected chi connectivity index (χ2v) is 8.95. The largest absolute Gasteiger partial charge is 0.444 e. The van der Waals surface area contributed by atoms with Crippen molar-refractivity contribution in [2.75, 3.05) is 19.6 Å². The number of nitrogens with zero attached hydrogens (tertiary/aromatic N) is 1. The van der Waals surface area contributed by atoms with Crippen LogP contribution in [0, 0.1) is 11.3 Å². The van der Waals surface area contributed by atoms with Crippen molar-refractivity contribution >= 4 is 6.09 Å². The zero-order valence-corrected chi connectivity index (χ0v) is 15.1. The van der Waals surface area contributed by atoms with Gasteiger partial charge in [-0.2, -0.15) is 0 Å². The molecule has 0 bridgehead atoms. The van der Waals surface area contributed by atoms with Gasteiger partial charge in [0.15, 0.2) is 0 Å². The molecule has 0 spiro atoms. The van der Waals surface area contributed by atoms with Gasteiger partial charge in [0.25, 0.3) is 0 Å². The third-order valence-corrected chi connectivity index (χ3v) is 4.83. The van der Waals surface area contributed by atoms with Crippen LogP contribution < -0.4 is 5.32 Å². The number of carbonyl (C=O) groups is 1. The molecule has 4 heteroatoms. The molecule has 1 saturated carbocycles. The van der Waals surface area contributed by atoms with E-state index >= 15 is 0 Å². The Balaban J connectivity index is 1.75. The minimum absolute atomic E-state index is 0.154. The first-order valence-electron chi connectivity index (χ1n) is 8.86. The van der Waals surface area contributed by atoms with E-state index < -0.39 is 5.60 Å². The Bertz CT molecular complexity index is 387. The molecule has 2 unspecified atom stereocenters. The molecular formula is C18H34N2O2. The predicted octanol–water partition coefficient (Wildman–Crippen LogP) is 3.80. The standard InChI is InChI=1S/C18H34N2O2/c1-17(2,3)22-16(21)20-10-6-7-14(13-20)12-19-15-8-9-18(4,5)11-15/h14-15,19H,6-13H2,1-5H3. The smallest absolute Gasteiger partial charge is 0.410 e. The Kier molecular flexibility index (Phi) is 5.41. The normalized spacial score (nSPS) is 28.7. The van der Waals surface area contributed by atoms with Crippen LogP contribution in [0.3, 0.4) is 0 Å². The van der Waals surface area contributed by atoms with Crippen LogP contribution in [0.5, 0.6) is 0 Å². The zero-order chi connectivity index (χ0) is 16.4. The number of amides is 1. The number of carbonyl (C=O) groups excluding carboxylic acids is 1. The monoisotopic (exact) mass is 310 g/mol. The summed E-state index contributed by atoms with van der Waals surface area (Å²) < 4.78 is 5.50. The van der Waals surface area contributed by atoms with Crippen LogP contribution in [0.2, 0.25) is 0 Å². The van der Waals surface area contributed by atoms with Crippen molar-refractivity contribution in [2.24, 2.45) is 11.3 Å². The van der Waals surface area contributed by atoms with Gasteiger partial charge < -0.3 is 15.0 Å². The molecule has 1 saturated heterocycles. The molecule has 0 radical (unpaired) electrons. The fourth-order valence-electron chi connectivity index (χ4n) is 3.67. The maximum atomic E-state index is 12.2. The lowest BCUT2D eigenvalue weighted by molar-refractivity contribution is 0.0165. The molecule has 0 aromatic rings. The molecule has 4 nitrogen and oxygen atoms in total. The molecule has 2 aliphatic rings. The van der Waals surface area contributed by atoms with Gasteiger partial charge in [-0.25, -0.2) is 4.79 Å². The van der Waals surface area contributed by atoms with Gasteiger partial charge in [-0.15, -0.1) is 0 Å². The number of rotatable bonds is 3. The molecule has 0 aromatic carbocycles. The van der Waals surface area contributed by atoms with E-state index in [9.17, 15) is 4.79 Å². The quantitative estimate of drug-likeness (QED) is 0.862. The van der Waals surface area contributed by atoms with Gasteiger partial charge in [-0.3, -0.25) is 0 Å². The number of hydrogen-bond acceptors (Lipinski definition) is 3. The van der Waals surface area contributed by atoms with E-state index in [2.05, 4.69) is 19.2 Å². The van der Waals surface area contributed by atoms with Crippen LogP contribution in [-0.2, 0) is 4.74 Å². The predicted molar refractivity (Wildman–Crippen MR) is 90.0 cm³/mol. The SMILES string of the molecule is CC1(C)CCC(NCC2CCCN(C(=O)OC(C)(C)C)C2)C1. The number of likely N-dealkylation sites (tertiary alicyclic amines) is 1. The second kappa shape index (κ2) is 6.77. The molecule has 1 heterocycles. The maximum absolute atomic E-state index is 12.2. The average Bonchev–Trinajstić information content (AvgIpc) is 2.74. The Morgan fingerprint density at radius 1 is 1.32 bits per heavy atom. The summed E-state index contributed by atoms with van der Waals surface area (Å²) in [6, 6.07) is 0.659. The summed E-state index contributed by atoms with van der Waals surface area (Å²) in [7, 11) is 0. The molecule has 22 heavy (non-hydrogen) atoms. The lowest BCUT2D eigenvalue weighted by Crippen LogP contribution is -2.45. The summed E-state index contributed by atoms with van der Waals surface area (Å²) in [5.74, 6) is 0.560. The topological polar surface area (TPSA) is 41.6 Å². The van der Waals surface area contributed by atoms with E-state index in [0.29, 0.717) is 17.4 Å². The number of nitrogens with one attached hydrogen (secondary N) is 1. The lowest BCUT2D eigenvalue weighted by atomic mass is 9.91. The van der Waals surface area contributed by atoms with Gasteiger partial charge in [0.05, 0.1) is 0 Å². The molecule has 1 amide bonds. The molecule has 0 aromatic heterocycles. The van der Waals surface area contributed by atoms with E-state index in [1.165, 1.54) is 25.7 Å². The molecule has 1 aliphatic carbocycles. The second-order valence-electron chi connectivity index (χ2n) is 8.95. The molecular weight excluding hydrogens is 276 g/mol. The fraction of sp³-hybridized carbons (Fsp3) is 0.944. The van der Waals surface area contributed by atoms with Crippen molar-refractivity contribution in [3.8, 4) is 0 Å². The van der Waals surface area contributed by atoms with E-state index in [-0.39, 0.29) is 6.09 Å². The van der Waals surface area contributed by atoms with Crippen LogP contribution in [0.1, 0.15) is 66.7 Å². The summed E-state index contributed by atoms with van der Waals surface area (Å²) in [4.78, 5) is 14.1. The van der Waals surface area contributed by atoms with Crippen molar-refractivity contribution in [3.63, 3.8) is 0 Å². The summed E-state index contributed by atoms with van der Waals surface area (Å²) in [5, 5.41) is 3.74. The highest BCUT2D eigenvalue weighted by Crippen LogP contribution is 2.37. The van der Waals surface area contributed by atoms with E-state index in [1.807, 2.05) is 25.7 Å². The van der Waals surface area contributed by atoms with Crippen molar-refractivity contribution in [2.45, 2.75) is 78.4 Å². The molecule has 128 valence electrons. The van der Waals surface area contributed by atoms with Gasteiger partial charge in [-0.05, 0) is 70.8 Å². The Morgan fingerprint density at radius 2 is 2.05 bits per heavy atom. The maximum Gasteiger partial charge on any atom is 0.410 e. The molecule has 2 rings (SSSR count). The van der Waals surface area contributed by atoms with E-state index in [4.69, 9.17) is 4.74 Å². The van der Waals surface area contributed by atoms with E-state index in [0.717, 1.165) is 26.1 Å². The number of ether oxygens (including phenoxy) is 1. The Hall–Kier alpha value is -0.770. The lowest BCUT2D eigenvalue weighted by Gasteiger charge is -2.34. The van der Waals surface area contributed by atoms with Crippen LogP contribution >= 0.6 is 0 Å². The van der Waals surface area contributed by atoms with Gasteiger partial charge in [0.1, 0.15) is 5.60 Å². The highest BCUT2D eigenvalue weighted by Gasteiger charge is 2.32. The summed E-state index contributed by atoms with van der Waals surface area (Å²) in [6.07, 6.45) is 6.02. The molecule has 2 atom stereocenters. The summed E-state index contributed by atoms with van der Waals surface area (Å²) in [5.41, 5.74) is 0.0878. The van der Waals surface area contributed by atoms with Crippen molar-refractivity contribution in [1.82, 2.24) is 10.2 Å². The molecule has 1 N–H and O–H groups in total. The van der Waals surface area contributed by atoms with Crippen molar-refractivity contribution in [1.29, 1.82) is 0 Å². The highest BCUT2D eigenvalue weighted by molar-refractivity contribution is 5.68. The van der Waals surface area contributed by atoms with Gasteiger partial charge in [0, 0.05) is 19.1 Å². The zero-order valence-electron chi connectivity index (χ0n) is 15.1. The molecule has 2 fully saturated rings. The Labute approximate surface area is 136 Å². The third-order valence-electron chi connectivity index (χ3n) is 4.83. The first-order chi connectivity index (χ1) is 10.1. The minimum atomic E-state index is -0.405. The minimum Gasteiger partial charge on any atom is -0.444 e. The van der Waals surface area contributed by atoms with Crippen LogP contribution in [0.15, 0.2) is 0 Å². The van der Waals surface area contributed by atoms with Crippen LogP contribution in [0.4, 0.5) is 4.79 Å². The number of hydrogen-bond donors (Lipinski definition) is 1. The third kappa shape index (κ3) is 5.45. The Morgan fingerprint density at radius 3 is 2.64 bits per heavy atom. The van der Waals surface area contributed by atoms with Gasteiger partial charge in [0.2, 0.25) is 0 Å². The van der Waals surface area contributed by atoms with E-state index in [1.54, 1.807) is 0 Å². The fourth-order valence-corrected chi connectivity index (χ4v) is 3.67.